The molecule has 1 amide bonds. The summed E-state index contributed by atoms with van der Waals surface area (Å²) in [6, 6.07) is 9.56. The van der Waals surface area contributed by atoms with Crippen LogP contribution in [0.1, 0.15) is 68.1 Å². The van der Waals surface area contributed by atoms with Crippen LogP contribution in [-0.2, 0) is 16.0 Å². The molecule has 4 heterocycles. The maximum Gasteiger partial charge on any atom is 0.340 e. The van der Waals surface area contributed by atoms with Crippen molar-refractivity contribution in [3.8, 4) is 5.75 Å². The third-order valence-corrected chi connectivity index (χ3v) is 8.16. The van der Waals surface area contributed by atoms with Gasteiger partial charge in [0.05, 0.1) is 30.3 Å². The number of pyridine rings is 2. The first-order valence-corrected chi connectivity index (χ1v) is 13.7. The number of aromatic nitrogens is 2. The number of nitrogens with one attached hydrogen (secondary N) is 1. The average Bonchev–Trinajstić information content (AvgIpc) is 3.61. The van der Waals surface area contributed by atoms with Crippen molar-refractivity contribution < 1.29 is 23.5 Å². The molecule has 3 aliphatic rings. The van der Waals surface area contributed by atoms with Gasteiger partial charge < -0.3 is 19.7 Å². The molecule has 3 unspecified atom stereocenters. The Labute approximate surface area is 226 Å². The first-order chi connectivity index (χ1) is 18.6. The number of fused-ring (bicyclic) bond motifs is 2. The van der Waals surface area contributed by atoms with Crippen molar-refractivity contribution in [3.05, 3.63) is 53.3 Å². The largest absolute Gasteiger partial charge is 0.486 e. The van der Waals surface area contributed by atoms with Crippen LogP contribution in [0, 0.1) is 5.92 Å². The molecule has 1 saturated carbocycles. The summed E-state index contributed by atoms with van der Waals surface area (Å²) in [4.78, 5) is 35.8. The Balaban J connectivity index is 1.23. The van der Waals surface area contributed by atoms with Gasteiger partial charge in [0.25, 0.3) is 0 Å². The fourth-order valence-electron chi connectivity index (χ4n) is 5.35. The summed E-state index contributed by atoms with van der Waals surface area (Å²) >= 11 is 0. The number of hydrogen-bond acceptors (Lipinski definition) is 7. The lowest BCUT2D eigenvalue weighted by molar-refractivity contribution is -0.141. The molecule has 204 valence electrons. The third kappa shape index (κ3) is 4.68. The predicted octanol–water partition coefficient (Wildman–Crippen LogP) is 5.33. The first-order valence-electron chi connectivity index (χ1n) is 13.7. The Morgan fingerprint density at radius 3 is 2.69 bits per heavy atom. The van der Waals surface area contributed by atoms with E-state index in [0.29, 0.717) is 42.4 Å². The van der Waals surface area contributed by atoms with E-state index < -0.39 is 17.7 Å². The molecule has 1 aliphatic carbocycles. The lowest BCUT2D eigenvalue weighted by Crippen LogP contribution is -2.56. The molecule has 1 aromatic carbocycles. The van der Waals surface area contributed by atoms with Crippen LogP contribution in [0.3, 0.4) is 0 Å². The van der Waals surface area contributed by atoms with Crippen molar-refractivity contribution >= 4 is 34.3 Å². The minimum Gasteiger partial charge on any atom is -0.486 e. The van der Waals surface area contributed by atoms with Crippen molar-refractivity contribution in [2.75, 3.05) is 18.4 Å². The number of nitrogens with zero attached hydrogens (tertiary/aromatic N) is 3. The number of carbonyl (C=O) groups excluding carboxylic acids is 2. The van der Waals surface area contributed by atoms with Crippen LogP contribution in [0.5, 0.6) is 5.75 Å². The number of esters is 1. The highest BCUT2D eigenvalue weighted by molar-refractivity contribution is 5.94. The monoisotopic (exact) mass is 532 g/mol. The van der Waals surface area contributed by atoms with Gasteiger partial charge in [0, 0.05) is 17.5 Å². The zero-order chi connectivity index (χ0) is 27.5. The Morgan fingerprint density at radius 2 is 1.97 bits per heavy atom. The zero-order valence-electron chi connectivity index (χ0n) is 22.7. The Hall–Kier alpha value is -3.75. The van der Waals surface area contributed by atoms with E-state index in [1.54, 1.807) is 23.2 Å². The molecule has 8 nitrogen and oxygen atoms in total. The molecule has 39 heavy (non-hydrogen) atoms. The van der Waals surface area contributed by atoms with Gasteiger partial charge in [-0.3, -0.25) is 4.79 Å². The second kappa shape index (κ2) is 9.47. The van der Waals surface area contributed by atoms with Gasteiger partial charge in [-0.15, -0.1) is 0 Å². The topological polar surface area (TPSA) is 93.7 Å². The first kappa shape index (κ1) is 25.5. The average molecular weight is 533 g/mol. The standard InChI is InChI=1S/C30H33FN4O4/c1-5-6-17-7-9-24(38-18-14-35(15-18)28(36)21-11-23(21)31)22-13-32-26(12-20(17)22)33-25-10-8-19-27(34-25)16(2)30(3,4)39-29(19)37/h7-10,12-13,16,18,21,23H,5-6,11,14-15H2,1-4H3,(H,32,33,34). The molecular formula is C30H33FN4O4. The Bertz CT molecular complexity index is 1470. The molecule has 0 bridgehead atoms. The molecular weight excluding hydrogens is 499 g/mol. The molecule has 3 atom stereocenters. The maximum atomic E-state index is 13.3. The summed E-state index contributed by atoms with van der Waals surface area (Å²) in [5.41, 5.74) is 1.75. The number of alkyl halides is 1. The van der Waals surface area contributed by atoms with Gasteiger partial charge in [-0.05, 0) is 61.9 Å². The van der Waals surface area contributed by atoms with Crippen LogP contribution in [0.25, 0.3) is 10.8 Å². The number of aryl methyl sites for hydroxylation is 1. The van der Waals surface area contributed by atoms with Crippen molar-refractivity contribution in [2.24, 2.45) is 5.92 Å². The van der Waals surface area contributed by atoms with Gasteiger partial charge in [-0.1, -0.05) is 26.3 Å². The van der Waals surface area contributed by atoms with E-state index in [4.69, 9.17) is 14.5 Å². The normalized spacial score (nSPS) is 23.6. The molecule has 1 saturated heterocycles. The lowest BCUT2D eigenvalue weighted by Gasteiger charge is -2.39. The smallest absolute Gasteiger partial charge is 0.340 e. The summed E-state index contributed by atoms with van der Waals surface area (Å²) in [6.07, 6.45) is 2.94. The van der Waals surface area contributed by atoms with Crippen LogP contribution in [-0.4, -0.2) is 57.7 Å². The van der Waals surface area contributed by atoms with Crippen molar-refractivity contribution in [1.29, 1.82) is 0 Å². The third-order valence-electron chi connectivity index (χ3n) is 8.16. The number of cyclic esters (lactones) is 1. The van der Waals surface area contributed by atoms with Gasteiger partial charge >= 0.3 is 5.97 Å². The lowest BCUT2D eigenvalue weighted by atomic mass is 9.84. The van der Waals surface area contributed by atoms with Crippen LogP contribution >= 0.6 is 0 Å². The second-order valence-corrected chi connectivity index (χ2v) is 11.4. The molecule has 0 spiro atoms. The highest BCUT2D eigenvalue weighted by atomic mass is 19.1. The molecule has 6 rings (SSSR count). The summed E-state index contributed by atoms with van der Waals surface area (Å²) in [7, 11) is 0. The number of halogens is 1. The number of benzene rings is 1. The second-order valence-electron chi connectivity index (χ2n) is 11.4. The summed E-state index contributed by atoms with van der Waals surface area (Å²) in [6.45, 7) is 8.89. The molecule has 0 radical (unpaired) electrons. The maximum absolute atomic E-state index is 13.3. The van der Waals surface area contributed by atoms with E-state index in [2.05, 4.69) is 23.3 Å². The van der Waals surface area contributed by atoms with Crippen LogP contribution in [0.2, 0.25) is 0 Å². The summed E-state index contributed by atoms with van der Waals surface area (Å²) in [5.74, 6) is 0.987. The zero-order valence-corrected chi connectivity index (χ0v) is 22.7. The number of ether oxygens (including phenoxy) is 2. The molecule has 2 aromatic heterocycles. The number of likely N-dealkylation sites (tertiary alicyclic amines) is 1. The van der Waals surface area contributed by atoms with Crippen LogP contribution in [0.15, 0.2) is 36.5 Å². The van der Waals surface area contributed by atoms with Gasteiger partial charge in [0.2, 0.25) is 5.91 Å². The summed E-state index contributed by atoms with van der Waals surface area (Å²) in [5, 5.41) is 5.25. The van der Waals surface area contributed by atoms with Crippen LogP contribution in [0.4, 0.5) is 16.0 Å². The van der Waals surface area contributed by atoms with Crippen molar-refractivity contribution in [2.45, 2.75) is 70.8 Å². The fourth-order valence-corrected chi connectivity index (χ4v) is 5.35. The van der Waals surface area contributed by atoms with E-state index in [1.807, 2.05) is 32.9 Å². The molecule has 3 aromatic rings. The molecule has 2 aliphatic heterocycles. The van der Waals surface area contributed by atoms with Gasteiger partial charge in [0.15, 0.2) is 0 Å². The number of carbonyl (C=O) groups is 2. The van der Waals surface area contributed by atoms with Gasteiger partial charge in [-0.25, -0.2) is 19.2 Å². The SMILES string of the molecule is CCCc1ccc(OC2CN(C(=O)C3CC3F)C2)c2cnc(Nc3ccc4c(n3)C(C)C(C)(C)OC4=O)cc12. The van der Waals surface area contributed by atoms with E-state index in [9.17, 15) is 14.0 Å². The molecule has 2 fully saturated rings. The van der Waals surface area contributed by atoms with Gasteiger partial charge in [-0.2, -0.15) is 0 Å². The van der Waals surface area contributed by atoms with Crippen molar-refractivity contribution in [3.63, 3.8) is 0 Å². The van der Waals surface area contributed by atoms with E-state index >= 15 is 0 Å². The Kier molecular flexibility index (Phi) is 6.19. The number of rotatable bonds is 7. The molecule has 9 heteroatoms. The van der Waals surface area contributed by atoms with E-state index in [1.165, 1.54) is 5.56 Å². The van der Waals surface area contributed by atoms with Gasteiger partial charge in [0.1, 0.15) is 35.3 Å². The summed E-state index contributed by atoms with van der Waals surface area (Å²) < 4.78 is 25.1. The Morgan fingerprint density at radius 1 is 1.21 bits per heavy atom. The van der Waals surface area contributed by atoms with Crippen molar-refractivity contribution in [1.82, 2.24) is 14.9 Å². The highest BCUT2D eigenvalue weighted by Gasteiger charge is 2.48. The minimum absolute atomic E-state index is 0.0622. The predicted molar refractivity (Wildman–Crippen MR) is 145 cm³/mol. The molecule has 1 N–H and O–H groups in total. The number of hydrogen-bond donors (Lipinski definition) is 1. The van der Waals surface area contributed by atoms with E-state index in [0.717, 1.165) is 29.4 Å². The quantitative estimate of drug-likeness (QED) is 0.411. The van der Waals surface area contributed by atoms with Crippen LogP contribution < -0.4 is 10.1 Å². The number of amides is 1. The minimum atomic E-state index is -0.982. The van der Waals surface area contributed by atoms with E-state index in [-0.39, 0.29) is 23.9 Å². The number of anilines is 2. The fraction of sp³-hybridized carbons (Fsp3) is 0.467. The highest BCUT2D eigenvalue weighted by Crippen LogP contribution is 2.39.